The highest BCUT2D eigenvalue weighted by Crippen LogP contribution is 2.25. The van der Waals surface area contributed by atoms with Gasteiger partial charge in [0.2, 0.25) is 0 Å². The minimum atomic E-state index is -0.586. The number of rotatable bonds is 2. The fraction of sp³-hybridized carbons (Fsp3) is 0.222. The van der Waals surface area contributed by atoms with Crippen LogP contribution in [0, 0.1) is 0 Å². The van der Waals surface area contributed by atoms with Crippen LogP contribution in [-0.2, 0) is 0 Å². The first-order valence-corrected chi connectivity index (χ1v) is 4.53. The molecule has 0 radical (unpaired) electrons. The van der Waals surface area contributed by atoms with Crippen LogP contribution in [0.5, 0.6) is 0 Å². The number of Topliss-reactive ketones (excluding diaryl/α,β-unsaturated/α-hetero) is 1. The third-order valence-electron chi connectivity index (χ3n) is 1.62. The van der Waals surface area contributed by atoms with Crippen LogP contribution in [0.4, 0.5) is 0 Å². The lowest BCUT2D eigenvalue weighted by atomic mass is 10.1. The largest absolute Gasteiger partial charge is 0.321 e. The molecule has 1 aromatic rings. The first-order valence-electron chi connectivity index (χ1n) is 3.78. The predicted molar refractivity (Wildman–Crippen MR) is 54.4 cm³/mol. The van der Waals surface area contributed by atoms with Gasteiger partial charge in [-0.3, -0.25) is 4.79 Å². The predicted octanol–water partition coefficient (Wildman–Crippen LogP) is 2.52. The molecule has 1 atom stereocenters. The molecule has 0 bridgehead atoms. The van der Waals surface area contributed by atoms with Crippen LogP contribution >= 0.6 is 23.2 Å². The fourth-order valence-corrected chi connectivity index (χ4v) is 1.54. The van der Waals surface area contributed by atoms with Crippen molar-refractivity contribution in [1.29, 1.82) is 0 Å². The second-order valence-corrected chi connectivity index (χ2v) is 3.56. The standard InChI is InChI=1S/C9H9Cl2NO/c1-5(12)9(13)8-6(10)3-2-4-7(8)11/h2-5H,12H2,1H3. The van der Waals surface area contributed by atoms with Crippen LogP contribution in [0.1, 0.15) is 17.3 Å². The van der Waals surface area contributed by atoms with E-state index in [0.29, 0.717) is 15.6 Å². The van der Waals surface area contributed by atoms with Crippen LogP contribution in [0.3, 0.4) is 0 Å². The number of halogens is 2. The maximum atomic E-state index is 11.5. The number of ketones is 1. The van der Waals surface area contributed by atoms with Crippen molar-refractivity contribution < 1.29 is 4.79 Å². The Morgan fingerprint density at radius 1 is 1.38 bits per heavy atom. The van der Waals surface area contributed by atoms with E-state index in [1.807, 2.05) is 0 Å². The van der Waals surface area contributed by atoms with Gasteiger partial charge in [-0.05, 0) is 19.1 Å². The Bertz CT molecular complexity index is 316. The number of hydrogen-bond acceptors (Lipinski definition) is 2. The summed E-state index contributed by atoms with van der Waals surface area (Å²) in [6, 6.07) is 4.33. The monoisotopic (exact) mass is 217 g/mol. The number of carbonyl (C=O) groups excluding carboxylic acids is 1. The van der Waals surface area contributed by atoms with E-state index < -0.39 is 6.04 Å². The average molecular weight is 218 g/mol. The summed E-state index contributed by atoms with van der Waals surface area (Å²) in [7, 11) is 0. The minimum Gasteiger partial charge on any atom is -0.321 e. The van der Waals surface area contributed by atoms with Crippen molar-refractivity contribution in [2.75, 3.05) is 0 Å². The Morgan fingerprint density at radius 2 is 1.85 bits per heavy atom. The smallest absolute Gasteiger partial charge is 0.182 e. The lowest BCUT2D eigenvalue weighted by Crippen LogP contribution is -2.27. The third kappa shape index (κ3) is 2.21. The van der Waals surface area contributed by atoms with Crippen molar-refractivity contribution in [3.8, 4) is 0 Å². The normalized spacial score (nSPS) is 12.6. The van der Waals surface area contributed by atoms with Crippen molar-refractivity contribution in [3.63, 3.8) is 0 Å². The SMILES string of the molecule is CC(N)C(=O)c1c(Cl)cccc1Cl. The molecule has 0 aliphatic rings. The molecule has 0 aliphatic carbocycles. The summed E-state index contributed by atoms with van der Waals surface area (Å²) in [5.41, 5.74) is 5.75. The highest BCUT2D eigenvalue weighted by molar-refractivity contribution is 6.40. The highest BCUT2D eigenvalue weighted by atomic mass is 35.5. The lowest BCUT2D eigenvalue weighted by Gasteiger charge is -2.07. The number of nitrogens with two attached hydrogens (primary N) is 1. The molecule has 2 nitrogen and oxygen atoms in total. The van der Waals surface area contributed by atoms with Gasteiger partial charge in [0.15, 0.2) is 5.78 Å². The van der Waals surface area contributed by atoms with E-state index >= 15 is 0 Å². The van der Waals surface area contributed by atoms with Gasteiger partial charge in [-0.1, -0.05) is 29.3 Å². The van der Waals surface area contributed by atoms with E-state index in [9.17, 15) is 4.79 Å². The second kappa shape index (κ2) is 4.09. The number of benzene rings is 1. The topological polar surface area (TPSA) is 43.1 Å². The summed E-state index contributed by atoms with van der Waals surface area (Å²) < 4.78 is 0. The molecular weight excluding hydrogens is 209 g/mol. The van der Waals surface area contributed by atoms with Crippen LogP contribution in [0.2, 0.25) is 10.0 Å². The fourth-order valence-electron chi connectivity index (χ4n) is 0.961. The molecule has 0 aliphatic heterocycles. The van der Waals surface area contributed by atoms with E-state index in [4.69, 9.17) is 28.9 Å². The molecule has 1 unspecified atom stereocenters. The molecule has 0 spiro atoms. The van der Waals surface area contributed by atoms with Gasteiger partial charge in [0.1, 0.15) is 0 Å². The van der Waals surface area contributed by atoms with Crippen molar-refractivity contribution in [2.45, 2.75) is 13.0 Å². The molecule has 13 heavy (non-hydrogen) atoms. The summed E-state index contributed by atoms with van der Waals surface area (Å²) in [4.78, 5) is 11.5. The summed E-state index contributed by atoms with van der Waals surface area (Å²) in [6.07, 6.45) is 0. The van der Waals surface area contributed by atoms with Crippen molar-refractivity contribution in [1.82, 2.24) is 0 Å². The van der Waals surface area contributed by atoms with E-state index in [1.54, 1.807) is 25.1 Å². The molecule has 2 N–H and O–H groups in total. The summed E-state index contributed by atoms with van der Waals surface area (Å²) in [5.74, 6) is -0.240. The quantitative estimate of drug-likeness (QED) is 0.775. The summed E-state index contributed by atoms with van der Waals surface area (Å²) in [6.45, 7) is 1.60. The van der Waals surface area contributed by atoms with Gasteiger partial charge in [-0.25, -0.2) is 0 Å². The van der Waals surface area contributed by atoms with Gasteiger partial charge in [0.25, 0.3) is 0 Å². The lowest BCUT2D eigenvalue weighted by molar-refractivity contribution is 0.0968. The first kappa shape index (κ1) is 10.5. The Balaban J connectivity index is 3.20. The Kier molecular flexibility index (Phi) is 3.31. The van der Waals surface area contributed by atoms with Crippen molar-refractivity contribution in [2.24, 2.45) is 5.73 Å². The van der Waals surface area contributed by atoms with Gasteiger partial charge in [0, 0.05) is 0 Å². The van der Waals surface area contributed by atoms with E-state index in [0.717, 1.165) is 0 Å². The van der Waals surface area contributed by atoms with E-state index in [1.165, 1.54) is 0 Å². The Labute approximate surface area is 86.6 Å². The maximum absolute atomic E-state index is 11.5. The van der Waals surface area contributed by atoms with Crippen LogP contribution in [0.25, 0.3) is 0 Å². The zero-order chi connectivity index (χ0) is 10.0. The van der Waals surface area contributed by atoms with Crippen LogP contribution in [-0.4, -0.2) is 11.8 Å². The third-order valence-corrected chi connectivity index (χ3v) is 2.25. The molecule has 0 amide bonds. The van der Waals surface area contributed by atoms with Crippen molar-refractivity contribution >= 4 is 29.0 Å². The minimum absolute atomic E-state index is 0.240. The zero-order valence-corrected chi connectivity index (χ0v) is 8.56. The van der Waals surface area contributed by atoms with Gasteiger partial charge in [-0.2, -0.15) is 0 Å². The first-order chi connectivity index (χ1) is 6.04. The average Bonchev–Trinajstić information content (AvgIpc) is 2.03. The molecule has 0 saturated carbocycles. The molecule has 0 saturated heterocycles. The molecule has 1 rings (SSSR count). The van der Waals surface area contributed by atoms with Crippen LogP contribution < -0.4 is 5.73 Å². The second-order valence-electron chi connectivity index (χ2n) is 2.75. The molecular formula is C9H9Cl2NO. The molecule has 70 valence electrons. The van der Waals surface area contributed by atoms with Gasteiger partial charge >= 0.3 is 0 Å². The van der Waals surface area contributed by atoms with E-state index in [2.05, 4.69) is 0 Å². The van der Waals surface area contributed by atoms with Crippen LogP contribution in [0.15, 0.2) is 18.2 Å². The van der Waals surface area contributed by atoms with Crippen molar-refractivity contribution in [3.05, 3.63) is 33.8 Å². The van der Waals surface area contributed by atoms with Gasteiger partial charge < -0.3 is 5.73 Å². The Morgan fingerprint density at radius 3 is 2.23 bits per heavy atom. The molecule has 0 fully saturated rings. The molecule has 1 aromatic carbocycles. The summed E-state index contributed by atoms with van der Waals surface area (Å²) in [5, 5.41) is 0.685. The highest BCUT2D eigenvalue weighted by Gasteiger charge is 2.17. The zero-order valence-electron chi connectivity index (χ0n) is 7.05. The van der Waals surface area contributed by atoms with Gasteiger partial charge in [0.05, 0.1) is 21.7 Å². The Hall–Kier alpha value is -0.570. The summed E-state index contributed by atoms with van der Waals surface area (Å²) >= 11 is 11.6. The molecule has 0 aromatic heterocycles. The van der Waals surface area contributed by atoms with E-state index in [-0.39, 0.29) is 5.78 Å². The number of hydrogen-bond donors (Lipinski definition) is 1. The molecule has 0 heterocycles. The number of carbonyl (C=O) groups is 1. The van der Waals surface area contributed by atoms with Gasteiger partial charge in [-0.15, -0.1) is 0 Å². The maximum Gasteiger partial charge on any atom is 0.182 e. The molecule has 4 heteroatoms.